The molecular weight excluding hydrogens is 280 g/mol. The highest BCUT2D eigenvalue weighted by atomic mass is 16.3. The van der Waals surface area contributed by atoms with Crippen LogP contribution in [0.2, 0.25) is 0 Å². The molecule has 106 valence electrons. The van der Waals surface area contributed by atoms with Crippen molar-refractivity contribution >= 4 is 11.0 Å². The van der Waals surface area contributed by atoms with Crippen LogP contribution in [0.5, 0.6) is 0 Å². The van der Waals surface area contributed by atoms with Crippen molar-refractivity contribution < 1.29 is 4.42 Å². The third kappa shape index (κ3) is 1.98. The highest BCUT2D eigenvalue weighted by Gasteiger charge is 2.13. The fourth-order valence-corrected chi connectivity index (χ4v) is 2.30. The van der Waals surface area contributed by atoms with Crippen LogP contribution in [0, 0.1) is 0 Å². The summed E-state index contributed by atoms with van der Waals surface area (Å²) in [6.45, 7) is 0. The number of pyridine rings is 2. The number of hydrogen-bond acceptors (Lipinski definition) is 5. The molecule has 0 saturated carbocycles. The monoisotopic (exact) mass is 290 g/mol. The second-order valence-corrected chi connectivity index (χ2v) is 4.71. The number of aromatic nitrogens is 4. The van der Waals surface area contributed by atoms with E-state index in [9.17, 15) is 4.79 Å². The molecule has 0 aliphatic rings. The van der Waals surface area contributed by atoms with Gasteiger partial charge in [0.1, 0.15) is 11.4 Å². The average molecular weight is 290 g/mol. The molecule has 6 heteroatoms. The van der Waals surface area contributed by atoms with Gasteiger partial charge in [-0.25, -0.2) is 0 Å². The minimum Gasteiger partial charge on any atom is -0.452 e. The van der Waals surface area contributed by atoms with Crippen molar-refractivity contribution in [2.45, 2.75) is 0 Å². The predicted octanol–water partition coefficient (Wildman–Crippen LogP) is 2.64. The maximum absolute atomic E-state index is 12.4. The fourth-order valence-electron chi connectivity index (χ4n) is 2.30. The smallest absolute Gasteiger partial charge is 0.193 e. The van der Waals surface area contributed by atoms with E-state index in [1.54, 1.807) is 43.0 Å². The van der Waals surface area contributed by atoms with Gasteiger partial charge in [0.15, 0.2) is 16.8 Å². The molecule has 1 N–H and O–H groups in total. The van der Waals surface area contributed by atoms with Gasteiger partial charge in [0.2, 0.25) is 0 Å². The van der Waals surface area contributed by atoms with E-state index in [2.05, 4.69) is 20.2 Å². The number of nitrogens with zero attached hydrogens (tertiary/aromatic N) is 3. The Morgan fingerprint density at radius 1 is 1.09 bits per heavy atom. The molecule has 0 amide bonds. The average Bonchev–Trinajstić information content (AvgIpc) is 3.09. The van der Waals surface area contributed by atoms with E-state index in [-0.39, 0.29) is 5.43 Å². The summed E-state index contributed by atoms with van der Waals surface area (Å²) in [5, 5.41) is 7.12. The summed E-state index contributed by atoms with van der Waals surface area (Å²) in [5.41, 5.74) is 2.22. The molecule has 0 bridgehead atoms. The van der Waals surface area contributed by atoms with Crippen molar-refractivity contribution in [3.63, 3.8) is 0 Å². The summed E-state index contributed by atoms with van der Waals surface area (Å²) in [6, 6.07) is 8.53. The molecule has 0 aliphatic heterocycles. The first kappa shape index (κ1) is 12.5. The lowest BCUT2D eigenvalue weighted by molar-refractivity contribution is 0.615. The predicted molar refractivity (Wildman–Crippen MR) is 81.1 cm³/mol. The van der Waals surface area contributed by atoms with E-state index in [1.807, 2.05) is 6.07 Å². The number of fused-ring (bicyclic) bond motifs is 1. The third-order valence-corrected chi connectivity index (χ3v) is 3.33. The summed E-state index contributed by atoms with van der Waals surface area (Å²) < 4.78 is 5.92. The van der Waals surface area contributed by atoms with Crippen molar-refractivity contribution in [1.29, 1.82) is 0 Å². The lowest BCUT2D eigenvalue weighted by Crippen LogP contribution is -2.02. The zero-order chi connectivity index (χ0) is 14.9. The number of rotatable bonds is 2. The van der Waals surface area contributed by atoms with Crippen LogP contribution < -0.4 is 5.43 Å². The molecule has 0 unspecified atom stereocenters. The molecular formula is C16H10N4O2. The van der Waals surface area contributed by atoms with E-state index in [1.165, 1.54) is 6.07 Å². The molecule has 0 atom stereocenters. The Bertz CT molecular complexity index is 992. The van der Waals surface area contributed by atoms with Gasteiger partial charge < -0.3 is 4.42 Å². The Hall–Kier alpha value is -3.28. The first-order chi connectivity index (χ1) is 10.8. The van der Waals surface area contributed by atoms with Crippen molar-refractivity contribution in [2.24, 2.45) is 0 Å². The number of nitrogens with one attached hydrogen (secondary N) is 1. The largest absolute Gasteiger partial charge is 0.452 e. The molecule has 0 saturated heterocycles. The lowest BCUT2D eigenvalue weighted by Gasteiger charge is -2.05. The van der Waals surface area contributed by atoms with Gasteiger partial charge in [0, 0.05) is 30.2 Å². The molecule has 0 aliphatic carbocycles. The van der Waals surface area contributed by atoms with Gasteiger partial charge in [0.05, 0.1) is 11.6 Å². The topological polar surface area (TPSA) is 84.7 Å². The van der Waals surface area contributed by atoms with Crippen LogP contribution >= 0.6 is 0 Å². The Morgan fingerprint density at radius 2 is 2.05 bits per heavy atom. The van der Waals surface area contributed by atoms with E-state index >= 15 is 0 Å². The van der Waals surface area contributed by atoms with Crippen LogP contribution in [0.25, 0.3) is 33.7 Å². The van der Waals surface area contributed by atoms with Crippen LogP contribution in [0.1, 0.15) is 0 Å². The van der Waals surface area contributed by atoms with Crippen LogP contribution in [0.4, 0.5) is 0 Å². The molecule has 4 rings (SSSR count). The summed E-state index contributed by atoms with van der Waals surface area (Å²) in [4.78, 5) is 20.9. The van der Waals surface area contributed by atoms with Gasteiger partial charge in [0.25, 0.3) is 0 Å². The maximum atomic E-state index is 12.4. The Kier molecular flexibility index (Phi) is 2.79. The van der Waals surface area contributed by atoms with E-state index < -0.39 is 0 Å². The molecule has 0 radical (unpaired) electrons. The maximum Gasteiger partial charge on any atom is 0.193 e. The van der Waals surface area contributed by atoms with Gasteiger partial charge in [-0.05, 0) is 18.2 Å². The standard InChI is InChI=1S/C16H10N4O2/c21-13-7-14(12-3-1-2-5-17-12)22-16-11(13)4-6-18-15(16)10-8-19-20-9-10/h1-9H,(H,19,20). The van der Waals surface area contributed by atoms with Crippen molar-refractivity contribution in [2.75, 3.05) is 0 Å². The molecule has 0 spiro atoms. The Balaban J connectivity index is 2.04. The minimum absolute atomic E-state index is 0.131. The first-order valence-electron chi connectivity index (χ1n) is 6.66. The quantitative estimate of drug-likeness (QED) is 0.613. The van der Waals surface area contributed by atoms with E-state index in [0.29, 0.717) is 28.1 Å². The van der Waals surface area contributed by atoms with Crippen LogP contribution in [-0.4, -0.2) is 20.2 Å². The minimum atomic E-state index is -0.131. The Labute approximate surface area is 124 Å². The highest BCUT2D eigenvalue weighted by molar-refractivity contribution is 5.89. The van der Waals surface area contributed by atoms with Gasteiger partial charge in [-0.1, -0.05) is 6.07 Å². The number of H-pyrrole nitrogens is 1. The van der Waals surface area contributed by atoms with Gasteiger partial charge >= 0.3 is 0 Å². The second kappa shape index (κ2) is 4.92. The molecule has 0 fully saturated rings. The molecule has 4 heterocycles. The molecule has 4 aromatic heterocycles. The van der Waals surface area contributed by atoms with E-state index in [4.69, 9.17) is 4.42 Å². The number of hydrogen-bond donors (Lipinski definition) is 1. The normalized spacial score (nSPS) is 10.9. The van der Waals surface area contributed by atoms with Crippen LogP contribution in [0.15, 0.2) is 64.3 Å². The van der Waals surface area contributed by atoms with Crippen molar-refractivity contribution in [3.8, 4) is 22.7 Å². The second-order valence-electron chi connectivity index (χ2n) is 4.71. The van der Waals surface area contributed by atoms with Crippen molar-refractivity contribution in [3.05, 3.63) is 65.3 Å². The Morgan fingerprint density at radius 3 is 2.82 bits per heavy atom. The highest BCUT2D eigenvalue weighted by Crippen LogP contribution is 2.27. The van der Waals surface area contributed by atoms with Crippen LogP contribution in [0.3, 0.4) is 0 Å². The summed E-state index contributed by atoms with van der Waals surface area (Å²) in [5.74, 6) is 0.413. The zero-order valence-corrected chi connectivity index (χ0v) is 11.4. The summed E-state index contributed by atoms with van der Waals surface area (Å²) >= 11 is 0. The zero-order valence-electron chi connectivity index (χ0n) is 11.4. The van der Waals surface area contributed by atoms with Crippen LogP contribution in [-0.2, 0) is 0 Å². The SMILES string of the molecule is O=c1cc(-c2ccccn2)oc2c(-c3cn[nH]c3)nccc12. The molecule has 22 heavy (non-hydrogen) atoms. The summed E-state index contributed by atoms with van der Waals surface area (Å²) in [7, 11) is 0. The molecule has 6 nitrogen and oxygen atoms in total. The summed E-state index contributed by atoms with van der Waals surface area (Å²) in [6.07, 6.45) is 6.58. The van der Waals surface area contributed by atoms with E-state index in [0.717, 1.165) is 5.56 Å². The lowest BCUT2D eigenvalue weighted by atomic mass is 10.1. The third-order valence-electron chi connectivity index (χ3n) is 3.33. The van der Waals surface area contributed by atoms with Gasteiger partial charge in [-0.3, -0.25) is 19.9 Å². The van der Waals surface area contributed by atoms with Gasteiger partial charge in [-0.15, -0.1) is 0 Å². The first-order valence-corrected chi connectivity index (χ1v) is 6.66. The molecule has 4 aromatic rings. The fraction of sp³-hybridized carbons (Fsp3) is 0. The van der Waals surface area contributed by atoms with Crippen molar-refractivity contribution in [1.82, 2.24) is 20.2 Å². The number of aromatic amines is 1. The molecule has 0 aromatic carbocycles. The van der Waals surface area contributed by atoms with Gasteiger partial charge in [-0.2, -0.15) is 5.10 Å².